The third-order valence-electron chi connectivity index (χ3n) is 3.21. The Bertz CT molecular complexity index is 433. The predicted molar refractivity (Wildman–Crippen MR) is 71.5 cm³/mol. The van der Waals surface area contributed by atoms with Crippen LogP contribution in [0.15, 0.2) is 29.2 Å². The highest BCUT2D eigenvalue weighted by Gasteiger charge is 2.34. The van der Waals surface area contributed by atoms with Gasteiger partial charge in [0.1, 0.15) is 0 Å². The zero-order valence-electron chi connectivity index (χ0n) is 10.5. The lowest BCUT2D eigenvalue weighted by molar-refractivity contribution is -0.144. The van der Waals surface area contributed by atoms with Gasteiger partial charge in [0.25, 0.3) is 0 Å². The second-order valence-corrected chi connectivity index (χ2v) is 5.57. The van der Waals surface area contributed by atoms with Crippen molar-refractivity contribution in [2.45, 2.75) is 36.7 Å². The summed E-state index contributed by atoms with van der Waals surface area (Å²) in [5.74, 6) is 0.651. The number of hydrogen-bond donors (Lipinski definition) is 1. The van der Waals surface area contributed by atoms with Crippen molar-refractivity contribution in [2.24, 2.45) is 0 Å². The van der Waals surface area contributed by atoms with Gasteiger partial charge in [0.15, 0.2) is 0 Å². The number of fused-ring (bicyclic) bond motifs is 1. The smallest absolute Gasteiger partial charge is 0.305 e. The van der Waals surface area contributed by atoms with Crippen LogP contribution in [0.5, 0.6) is 0 Å². The van der Waals surface area contributed by atoms with Crippen LogP contribution in [-0.2, 0) is 15.1 Å². The van der Waals surface area contributed by atoms with Gasteiger partial charge in [-0.3, -0.25) is 4.79 Å². The van der Waals surface area contributed by atoms with Crippen LogP contribution in [-0.4, -0.2) is 23.4 Å². The molecule has 1 aromatic rings. The number of rotatable bonds is 4. The molecule has 2 rings (SSSR count). The number of hydrogen-bond acceptors (Lipinski definition) is 4. The van der Waals surface area contributed by atoms with Crippen LogP contribution in [0.2, 0.25) is 0 Å². The zero-order valence-corrected chi connectivity index (χ0v) is 11.3. The standard InChI is InChI=1S/C14H18O3S/c1-2-17-13(15)7-8-14(16)9-10-18-12-6-4-3-5-11(12)14/h3-6,16H,2,7-10H2,1H3. The van der Waals surface area contributed by atoms with Gasteiger partial charge in [-0.15, -0.1) is 11.8 Å². The minimum Gasteiger partial charge on any atom is -0.466 e. The Labute approximate surface area is 112 Å². The Morgan fingerprint density at radius 3 is 3.06 bits per heavy atom. The Balaban J connectivity index is 2.10. The summed E-state index contributed by atoms with van der Waals surface area (Å²) < 4.78 is 4.91. The van der Waals surface area contributed by atoms with E-state index in [0.29, 0.717) is 19.4 Å². The van der Waals surface area contributed by atoms with Gasteiger partial charge in [-0.1, -0.05) is 18.2 Å². The molecule has 0 saturated heterocycles. The van der Waals surface area contributed by atoms with Crippen LogP contribution < -0.4 is 0 Å². The molecular weight excluding hydrogens is 248 g/mol. The van der Waals surface area contributed by atoms with Gasteiger partial charge in [-0.25, -0.2) is 0 Å². The maximum absolute atomic E-state index is 11.4. The summed E-state index contributed by atoms with van der Waals surface area (Å²) in [4.78, 5) is 12.5. The molecular formula is C14H18O3S. The van der Waals surface area contributed by atoms with Crippen molar-refractivity contribution in [3.8, 4) is 0 Å². The molecule has 3 nitrogen and oxygen atoms in total. The van der Waals surface area contributed by atoms with E-state index < -0.39 is 5.60 Å². The molecule has 4 heteroatoms. The molecule has 1 unspecified atom stereocenters. The molecule has 1 atom stereocenters. The molecule has 18 heavy (non-hydrogen) atoms. The van der Waals surface area contributed by atoms with Crippen molar-refractivity contribution in [3.05, 3.63) is 29.8 Å². The fourth-order valence-electron chi connectivity index (χ4n) is 2.24. The normalized spacial score (nSPS) is 22.3. The molecule has 1 aromatic carbocycles. The first-order chi connectivity index (χ1) is 8.65. The highest BCUT2D eigenvalue weighted by molar-refractivity contribution is 7.99. The van der Waals surface area contributed by atoms with Crippen molar-refractivity contribution >= 4 is 17.7 Å². The highest BCUT2D eigenvalue weighted by Crippen LogP contribution is 2.42. The molecule has 0 radical (unpaired) electrons. The molecule has 1 heterocycles. The molecule has 1 aliphatic heterocycles. The number of aliphatic hydroxyl groups is 1. The topological polar surface area (TPSA) is 46.5 Å². The first-order valence-electron chi connectivity index (χ1n) is 6.26. The van der Waals surface area contributed by atoms with Crippen molar-refractivity contribution in [2.75, 3.05) is 12.4 Å². The Kier molecular flexibility index (Phi) is 4.30. The summed E-state index contributed by atoms with van der Waals surface area (Å²) in [7, 11) is 0. The van der Waals surface area contributed by atoms with E-state index in [9.17, 15) is 9.90 Å². The van der Waals surface area contributed by atoms with E-state index in [-0.39, 0.29) is 12.4 Å². The predicted octanol–water partition coefficient (Wildman–Crippen LogP) is 2.71. The summed E-state index contributed by atoms with van der Waals surface area (Å²) in [6.45, 7) is 2.18. The van der Waals surface area contributed by atoms with Crippen molar-refractivity contribution in [3.63, 3.8) is 0 Å². The van der Waals surface area contributed by atoms with Gasteiger partial charge in [0.05, 0.1) is 12.2 Å². The summed E-state index contributed by atoms with van der Waals surface area (Å²) in [5.41, 5.74) is 0.0692. The summed E-state index contributed by atoms with van der Waals surface area (Å²) in [6.07, 6.45) is 1.39. The van der Waals surface area contributed by atoms with E-state index in [1.807, 2.05) is 24.3 Å². The third kappa shape index (κ3) is 2.87. The number of thioether (sulfide) groups is 1. The van der Waals surface area contributed by atoms with E-state index in [1.54, 1.807) is 18.7 Å². The number of esters is 1. The maximum Gasteiger partial charge on any atom is 0.305 e. The van der Waals surface area contributed by atoms with Crippen LogP contribution in [0, 0.1) is 0 Å². The third-order valence-corrected chi connectivity index (χ3v) is 4.28. The van der Waals surface area contributed by atoms with Crippen LogP contribution in [0.25, 0.3) is 0 Å². The molecule has 1 aliphatic rings. The largest absolute Gasteiger partial charge is 0.466 e. The molecule has 0 bridgehead atoms. The molecule has 1 N–H and O–H groups in total. The average molecular weight is 266 g/mol. The molecule has 0 aliphatic carbocycles. The van der Waals surface area contributed by atoms with Gasteiger partial charge < -0.3 is 9.84 Å². The van der Waals surface area contributed by atoms with Crippen molar-refractivity contribution in [1.29, 1.82) is 0 Å². The monoisotopic (exact) mass is 266 g/mol. The summed E-state index contributed by atoms with van der Waals surface area (Å²) in [6, 6.07) is 7.88. The lowest BCUT2D eigenvalue weighted by Gasteiger charge is -2.33. The van der Waals surface area contributed by atoms with Crippen molar-refractivity contribution in [1.82, 2.24) is 0 Å². The second-order valence-electron chi connectivity index (χ2n) is 4.43. The lowest BCUT2D eigenvalue weighted by Crippen LogP contribution is -2.30. The minimum atomic E-state index is -0.880. The summed E-state index contributed by atoms with van der Waals surface area (Å²) in [5, 5.41) is 10.7. The van der Waals surface area contributed by atoms with E-state index in [2.05, 4.69) is 0 Å². The van der Waals surface area contributed by atoms with Gasteiger partial charge in [0.2, 0.25) is 0 Å². The Morgan fingerprint density at radius 2 is 2.28 bits per heavy atom. The first-order valence-corrected chi connectivity index (χ1v) is 7.24. The molecule has 98 valence electrons. The van der Waals surface area contributed by atoms with E-state index >= 15 is 0 Å². The van der Waals surface area contributed by atoms with Crippen LogP contribution >= 0.6 is 11.8 Å². The fourth-order valence-corrected chi connectivity index (χ4v) is 3.49. The van der Waals surface area contributed by atoms with E-state index in [0.717, 1.165) is 16.2 Å². The second kappa shape index (κ2) is 5.76. The van der Waals surface area contributed by atoms with Gasteiger partial charge in [-0.2, -0.15) is 0 Å². The minimum absolute atomic E-state index is 0.235. The molecule has 0 aromatic heterocycles. The highest BCUT2D eigenvalue weighted by atomic mass is 32.2. The maximum atomic E-state index is 11.4. The number of carbonyl (C=O) groups excluding carboxylic acids is 1. The van der Waals surface area contributed by atoms with E-state index in [1.165, 1.54) is 0 Å². The molecule has 0 amide bonds. The number of benzene rings is 1. The van der Waals surface area contributed by atoms with E-state index in [4.69, 9.17) is 4.74 Å². The number of carbonyl (C=O) groups is 1. The van der Waals surface area contributed by atoms with Crippen LogP contribution in [0.4, 0.5) is 0 Å². The Hall–Kier alpha value is -1.00. The summed E-state index contributed by atoms with van der Waals surface area (Å²) >= 11 is 1.76. The average Bonchev–Trinajstić information content (AvgIpc) is 2.38. The molecule has 0 spiro atoms. The van der Waals surface area contributed by atoms with Gasteiger partial charge in [-0.05, 0) is 31.4 Å². The van der Waals surface area contributed by atoms with Crippen LogP contribution in [0.1, 0.15) is 31.7 Å². The van der Waals surface area contributed by atoms with Crippen LogP contribution in [0.3, 0.4) is 0 Å². The number of ether oxygens (including phenoxy) is 1. The SMILES string of the molecule is CCOC(=O)CCC1(O)CCSc2ccccc21. The van der Waals surface area contributed by atoms with Gasteiger partial charge in [0, 0.05) is 17.1 Å². The Morgan fingerprint density at radius 1 is 1.50 bits per heavy atom. The first kappa shape index (κ1) is 13.4. The molecule has 0 saturated carbocycles. The quantitative estimate of drug-likeness (QED) is 0.851. The van der Waals surface area contributed by atoms with Gasteiger partial charge >= 0.3 is 5.97 Å². The zero-order chi connectivity index (χ0) is 13.0. The molecule has 0 fully saturated rings. The fraction of sp³-hybridized carbons (Fsp3) is 0.500. The van der Waals surface area contributed by atoms with Crippen molar-refractivity contribution < 1.29 is 14.6 Å². The lowest BCUT2D eigenvalue weighted by atomic mass is 9.86.